The Bertz CT molecular complexity index is 1160. The van der Waals surface area contributed by atoms with Crippen molar-refractivity contribution in [2.45, 2.75) is 17.9 Å². The predicted octanol–water partition coefficient (Wildman–Crippen LogP) is 4.00. The number of sulfonamides is 1. The van der Waals surface area contributed by atoms with Crippen molar-refractivity contribution in [2.24, 2.45) is 0 Å². The number of benzene rings is 3. The first-order chi connectivity index (χ1) is 14.9. The second kappa shape index (κ2) is 9.53. The quantitative estimate of drug-likeness (QED) is 0.552. The number of amides is 1. The number of nitrogens with one attached hydrogen (secondary N) is 2. The Morgan fingerprint density at radius 1 is 0.903 bits per heavy atom. The van der Waals surface area contributed by atoms with E-state index in [0.717, 1.165) is 5.56 Å². The van der Waals surface area contributed by atoms with Gasteiger partial charge in [0.2, 0.25) is 0 Å². The molecule has 0 aliphatic rings. The third kappa shape index (κ3) is 5.16. The summed E-state index contributed by atoms with van der Waals surface area (Å²) in [6.45, 7) is 1.81. The van der Waals surface area contributed by atoms with E-state index >= 15 is 0 Å². The Labute approximate surface area is 182 Å². The summed E-state index contributed by atoms with van der Waals surface area (Å²) in [6.07, 6.45) is 0. The molecule has 0 unspecified atom stereocenters. The fraction of sp³-hybridized carbons (Fsp3) is 0.174. The first-order valence-corrected chi connectivity index (χ1v) is 11.0. The maximum atomic E-state index is 13.0. The van der Waals surface area contributed by atoms with E-state index in [1.165, 1.54) is 12.1 Å². The highest BCUT2D eigenvalue weighted by Crippen LogP contribution is 2.30. The molecule has 1 atom stereocenters. The normalized spacial score (nSPS) is 12.0. The van der Waals surface area contributed by atoms with Gasteiger partial charge in [0, 0.05) is 5.56 Å². The molecule has 0 radical (unpaired) electrons. The minimum Gasteiger partial charge on any atom is -0.497 e. The number of hydrogen-bond donors (Lipinski definition) is 2. The summed E-state index contributed by atoms with van der Waals surface area (Å²) in [6, 6.07) is 19.3. The molecule has 7 nitrogen and oxygen atoms in total. The molecule has 1 amide bonds. The van der Waals surface area contributed by atoms with Gasteiger partial charge in [0.05, 0.1) is 36.4 Å². The van der Waals surface area contributed by atoms with E-state index in [1.54, 1.807) is 74.9 Å². The van der Waals surface area contributed by atoms with Gasteiger partial charge < -0.3 is 14.8 Å². The number of carbonyl (C=O) groups is 1. The highest BCUT2D eigenvalue weighted by Gasteiger charge is 2.21. The van der Waals surface area contributed by atoms with Crippen LogP contribution in [0, 0.1) is 0 Å². The smallest absolute Gasteiger partial charge is 0.261 e. The van der Waals surface area contributed by atoms with Crippen LogP contribution in [0.1, 0.15) is 28.9 Å². The molecule has 0 saturated carbocycles. The summed E-state index contributed by atoms with van der Waals surface area (Å²) in [5, 5.41) is 2.90. The minimum atomic E-state index is -3.84. The van der Waals surface area contributed by atoms with E-state index in [2.05, 4.69) is 10.0 Å². The highest BCUT2D eigenvalue weighted by molar-refractivity contribution is 7.92. The van der Waals surface area contributed by atoms with Gasteiger partial charge in [-0.25, -0.2) is 8.42 Å². The summed E-state index contributed by atoms with van der Waals surface area (Å²) >= 11 is 0. The Morgan fingerprint density at radius 2 is 1.58 bits per heavy atom. The topological polar surface area (TPSA) is 93.7 Å². The van der Waals surface area contributed by atoms with Gasteiger partial charge in [-0.3, -0.25) is 9.52 Å². The number of carbonyl (C=O) groups excluding carboxylic acids is 1. The Balaban J connectivity index is 1.85. The van der Waals surface area contributed by atoms with Crippen molar-refractivity contribution >= 4 is 21.6 Å². The number of hydrogen-bond acceptors (Lipinski definition) is 5. The molecule has 8 heteroatoms. The second-order valence-electron chi connectivity index (χ2n) is 6.77. The number of methoxy groups -OCH3 is 2. The molecule has 2 N–H and O–H groups in total. The Hall–Kier alpha value is -3.52. The fourth-order valence-electron chi connectivity index (χ4n) is 3.10. The monoisotopic (exact) mass is 440 g/mol. The van der Waals surface area contributed by atoms with Gasteiger partial charge >= 0.3 is 0 Å². The first-order valence-electron chi connectivity index (χ1n) is 9.55. The van der Waals surface area contributed by atoms with Crippen LogP contribution < -0.4 is 19.5 Å². The van der Waals surface area contributed by atoms with Crippen molar-refractivity contribution in [3.05, 3.63) is 83.9 Å². The molecule has 3 aromatic rings. The molecule has 3 aromatic carbocycles. The van der Waals surface area contributed by atoms with E-state index in [1.807, 2.05) is 6.92 Å². The van der Waals surface area contributed by atoms with Crippen molar-refractivity contribution in [3.63, 3.8) is 0 Å². The molecule has 3 rings (SSSR count). The van der Waals surface area contributed by atoms with E-state index in [0.29, 0.717) is 11.5 Å². The summed E-state index contributed by atoms with van der Waals surface area (Å²) in [7, 11) is -0.728. The first kappa shape index (κ1) is 22.2. The minimum absolute atomic E-state index is 0.111. The lowest BCUT2D eigenvalue weighted by Gasteiger charge is -2.19. The lowest BCUT2D eigenvalue weighted by atomic mass is 10.1. The molecule has 0 saturated heterocycles. The van der Waals surface area contributed by atoms with Crippen molar-refractivity contribution in [3.8, 4) is 11.5 Å². The zero-order valence-corrected chi connectivity index (χ0v) is 18.3. The van der Waals surface area contributed by atoms with Crippen LogP contribution in [0.15, 0.2) is 77.7 Å². The van der Waals surface area contributed by atoms with Crippen molar-refractivity contribution in [1.29, 1.82) is 0 Å². The third-order valence-electron chi connectivity index (χ3n) is 4.72. The molecule has 0 aliphatic heterocycles. The van der Waals surface area contributed by atoms with Gasteiger partial charge in [-0.2, -0.15) is 0 Å². The molecule has 0 heterocycles. The summed E-state index contributed by atoms with van der Waals surface area (Å²) in [5.74, 6) is 0.809. The SMILES string of the molecule is COc1ccc(OC)c([C@@H](C)NC(=O)c2ccccc2NS(=O)(=O)c2ccccc2)c1. The third-order valence-corrected chi connectivity index (χ3v) is 6.10. The zero-order chi connectivity index (χ0) is 22.4. The zero-order valence-electron chi connectivity index (χ0n) is 17.5. The van der Waals surface area contributed by atoms with E-state index in [9.17, 15) is 13.2 Å². The van der Waals surface area contributed by atoms with Crippen molar-refractivity contribution in [1.82, 2.24) is 5.32 Å². The largest absolute Gasteiger partial charge is 0.497 e. The van der Waals surface area contributed by atoms with Crippen LogP contribution in [-0.2, 0) is 10.0 Å². The molecule has 31 heavy (non-hydrogen) atoms. The fourth-order valence-corrected chi connectivity index (χ4v) is 4.20. The van der Waals surface area contributed by atoms with Crippen molar-refractivity contribution < 1.29 is 22.7 Å². The van der Waals surface area contributed by atoms with Crippen molar-refractivity contribution in [2.75, 3.05) is 18.9 Å². The molecule has 0 aromatic heterocycles. The van der Waals surface area contributed by atoms with Gasteiger partial charge in [0.15, 0.2) is 0 Å². The maximum absolute atomic E-state index is 13.0. The molecular formula is C23H24N2O5S. The predicted molar refractivity (Wildman–Crippen MR) is 119 cm³/mol. The van der Waals surface area contributed by atoms with E-state index in [4.69, 9.17) is 9.47 Å². The number of ether oxygens (including phenoxy) is 2. The number of anilines is 1. The van der Waals surface area contributed by atoms with Crippen LogP contribution >= 0.6 is 0 Å². The van der Waals surface area contributed by atoms with Crippen LogP contribution in [-0.4, -0.2) is 28.5 Å². The average molecular weight is 441 g/mol. The molecule has 0 bridgehead atoms. The van der Waals surface area contributed by atoms with E-state index < -0.39 is 22.0 Å². The van der Waals surface area contributed by atoms with Gasteiger partial charge in [0.1, 0.15) is 11.5 Å². The molecule has 0 fully saturated rings. The molecule has 0 aliphatic carbocycles. The van der Waals surface area contributed by atoms with E-state index in [-0.39, 0.29) is 16.1 Å². The van der Waals surface area contributed by atoms with Crippen LogP contribution in [0.25, 0.3) is 0 Å². The summed E-state index contributed by atoms with van der Waals surface area (Å²) in [4.78, 5) is 13.1. The Morgan fingerprint density at radius 3 is 2.26 bits per heavy atom. The summed E-state index contributed by atoms with van der Waals surface area (Å²) < 4.78 is 38.6. The maximum Gasteiger partial charge on any atom is 0.261 e. The van der Waals surface area contributed by atoms with Gasteiger partial charge in [-0.15, -0.1) is 0 Å². The van der Waals surface area contributed by atoms with Crippen LogP contribution in [0.2, 0.25) is 0 Å². The number of rotatable bonds is 8. The van der Waals surface area contributed by atoms with Gasteiger partial charge in [0.25, 0.3) is 15.9 Å². The lowest BCUT2D eigenvalue weighted by Crippen LogP contribution is -2.28. The van der Waals surface area contributed by atoms with Crippen LogP contribution in [0.3, 0.4) is 0 Å². The highest BCUT2D eigenvalue weighted by atomic mass is 32.2. The molecule has 0 spiro atoms. The molecular weight excluding hydrogens is 416 g/mol. The average Bonchev–Trinajstić information content (AvgIpc) is 2.79. The second-order valence-corrected chi connectivity index (χ2v) is 8.45. The van der Waals surface area contributed by atoms with Crippen LogP contribution in [0.5, 0.6) is 11.5 Å². The lowest BCUT2D eigenvalue weighted by molar-refractivity contribution is 0.0940. The standard InChI is InChI=1S/C23H24N2O5S/c1-16(20-15-17(29-2)13-14-22(20)30-3)24-23(26)19-11-7-8-12-21(19)25-31(27,28)18-9-5-4-6-10-18/h4-16,25H,1-3H3,(H,24,26)/t16-/m1/s1. The van der Waals surface area contributed by atoms with Gasteiger partial charge in [-0.1, -0.05) is 30.3 Å². The van der Waals surface area contributed by atoms with Crippen LogP contribution in [0.4, 0.5) is 5.69 Å². The molecule has 162 valence electrons. The summed E-state index contributed by atoms with van der Waals surface area (Å²) in [5.41, 5.74) is 1.13. The Kier molecular flexibility index (Phi) is 6.81. The van der Waals surface area contributed by atoms with Gasteiger partial charge in [-0.05, 0) is 49.4 Å². The number of para-hydroxylation sites is 1.